The van der Waals surface area contributed by atoms with Crippen molar-refractivity contribution in [2.45, 2.75) is 51.5 Å². The fourth-order valence-corrected chi connectivity index (χ4v) is 3.14. The number of nitrogens with one attached hydrogen (secondary N) is 1. The predicted octanol–water partition coefficient (Wildman–Crippen LogP) is 2.42. The van der Waals surface area contributed by atoms with E-state index in [1.807, 2.05) is 27.7 Å². The van der Waals surface area contributed by atoms with E-state index >= 15 is 0 Å². The van der Waals surface area contributed by atoms with E-state index < -0.39 is 16.0 Å². The first-order valence-electron chi connectivity index (χ1n) is 6.91. The highest BCUT2D eigenvalue weighted by molar-refractivity contribution is 7.89. The van der Waals surface area contributed by atoms with Crippen molar-refractivity contribution in [3.63, 3.8) is 0 Å². The van der Waals surface area contributed by atoms with Gasteiger partial charge < -0.3 is 5.11 Å². The molecule has 1 aromatic rings. The highest BCUT2D eigenvalue weighted by atomic mass is 32.2. The number of hydrogen-bond acceptors (Lipinski definition) is 3. The highest BCUT2D eigenvalue weighted by Gasteiger charge is 2.28. The number of aliphatic carboxylic acids is 1. The molecule has 0 aliphatic carbocycles. The summed E-state index contributed by atoms with van der Waals surface area (Å²) in [5.41, 5.74) is 0.430. The molecule has 1 aromatic carbocycles. The molecule has 0 saturated carbocycles. The summed E-state index contributed by atoms with van der Waals surface area (Å²) in [6.07, 6.45) is 0.737. The van der Waals surface area contributed by atoms with Crippen molar-refractivity contribution in [2.24, 2.45) is 5.41 Å². The van der Waals surface area contributed by atoms with Crippen LogP contribution in [-0.2, 0) is 21.2 Å². The molecular weight excluding hydrogens is 290 g/mol. The lowest BCUT2D eigenvalue weighted by molar-refractivity contribution is -0.136. The summed E-state index contributed by atoms with van der Waals surface area (Å²) in [5.74, 6) is -0.943. The van der Waals surface area contributed by atoms with E-state index in [4.69, 9.17) is 5.11 Å². The van der Waals surface area contributed by atoms with Crippen LogP contribution in [0.25, 0.3) is 0 Å². The van der Waals surface area contributed by atoms with Gasteiger partial charge in [-0.2, -0.15) is 0 Å². The van der Waals surface area contributed by atoms with E-state index in [9.17, 15) is 13.2 Å². The van der Waals surface area contributed by atoms with Gasteiger partial charge >= 0.3 is 5.97 Å². The maximum absolute atomic E-state index is 12.3. The summed E-state index contributed by atoms with van der Waals surface area (Å²) in [4.78, 5) is 10.8. The zero-order valence-corrected chi connectivity index (χ0v) is 13.7. The van der Waals surface area contributed by atoms with Gasteiger partial charge in [0.15, 0.2) is 0 Å². The Morgan fingerprint density at radius 1 is 1.29 bits per heavy atom. The Hall–Kier alpha value is -1.40. The Balaban J connectivity index is 2.91. The third kappa shape index (κ3) is 4.82. The Labute approximate surface area is 126 Å². The average Bonchev–Trinajstić information content (AvgIpc) is 2.38. The van der Waals surface area contributed by atoms with Crippen LogP contribution in [0, 0.1) is 5.41 Å². The smallest absolute Gasteiger partial charge is 0.307 e. The standard InChI is InChI=1S/C15H23NO4S/c1-5-15(3,4)11(2)16-21(19,20)13-8-6-12(7-9-13)10-14(17)18/h6-9,11,16H,5,10H2,1-4H3,(H,17,18). The van der Waals surface area contributed by atoms with Crippen LogP contribution in [0.2, 0.25) is 0 Å². The van der Waals surface area contributed by atoms with Crippen LogP contribution < -0.4 is 4.72 Å². The van der Waals surface area contributed by atoms with Crippen LogP contribution >= 0.6 is 0 Å². The van der Waals surface area contributed by atoms with Crippen LogP contribution in [0.4, 0.5) is 0 Å². The Bertz CT molecular complexity index is 591. The first kappa shape index (κ1) is 17.7. The molecule has 0 spiro atoms. The van der Waals surface area contributed by atoms with Crippen molar-refractivity contribution in [1.29, 1.82) is 0 Å². The summed E-state index contributed by atoms with van der Waals surface area (Å²) in [5, 5.41) is 8.70. The zero-order chi connectivity index (χ0) is 16.3. The summed E-state index contributed by atoms with van der Waals surface area (Å²) < 4.78 is 27.3. The van der Waals surface area contributed by atoms with Crippen LogP contribution in [0.1, 0.15) is 39.7 Å². The average molecular weight is 313 g/mol. The molecule has 21 heavy (non-hydrogen) atoms. The quantitative estimate of drug-likeness (QED) is 0.809. The maximum atomic E-state index is 12.3. The van der Waals surface area contributed by atoms with Crippen LogP contribution in [-0.4, -0.2) is 25.5 Å². The minimum atomic E-state index is -3.60. The summed E-state index contributed by atoms with van der Waals surface area (Å²) >= 11 is 0. The van der Waals surface area contributed by atoms with Crippen molar-refractivity contribution in [3.8, 4) is 0 Å². The number of carboxylic acid groups (broad SMARTS) is 1. The molecule has 0 saturated heterocycles. The van der Waals surface area contributed by atoms with Gasteiger partial charge in [-0.05, 0) is 36.5 Å². The van der Waals surface area contributed by atoms with Crippen LogP contribution in [0.3, 0.4) is 0 Å². The second kappa shape index (κ2) is 6.58. The number of sulfonamides is 1. The van der Waals surface area contributed by atoms with Gasteiger partial charge in [0.05, 0.1) is 11.3 Å². The molecule has 0 amide bonds. The molecular formula is C15H23NO4S. The van der Waals surface area contributed by atoms with Crippen molar-refractivity contribution in [3.05, 3.63) is 29.8 Å². The van der Waals surface area contributed by atoms with E-state index in [-0.39, 0.29) is 22.8 Å². The molecule has 0 fully saturated rings. The molecule has 5 nitrogen and oxygen atoms in total. The molecule has 0 aliphatic rings. The normalized spacial score (nSPS) is 13.9. The van der Waals surface area contributed by atoms with Crippen molar-refractivity contribution in [2.75, 3.05) is 0 Å². The van der Waals surface area contributed by atoms with E-state index in [1.165, 1.54) is 24.3 Å². The van der Waals surface area contributed by atoms with Crippen LogP contribution in [0.5, 0.6) is 0 Å². The first-order chi connectivity index (χ1) is 9.58. The molecule has 0 radical (unpaired) electrons. The van der Waals surface area contributed by atoms with Crippen molar-refractivity contribution >= 4 is 16.0 Å². The van der Waals surface area contributed by atoms with E-state index in [2.05, 4.69) is 4.72 Å². The van der Waals surface area contributed by atoms with Gasteiger partial charge in [-0.3, -0.25) is 4.79 Å². The van der Waals surface area contributed by atoms with E-state index in [1.54, 1.807) is 0 Å². The van der Waals surface area contributed by atoms with Gasteiger partial charge in [-0.15, -0.1) is 0 Å². The Kier molecular flexibility index (Phi) is 5.53. The summed E-state index contributed by atoms with van der Waals surface area (Å²) in [7, 11) is -3.60. The molecule has 6 heteroatoms. The Morgan fingerprint density at radius 2 is 1.81 bits per heavy atom. The van der Waals surface area contributed by atoms with Gasteiger partial charge in [-0.1, -0.05) is 32.9 Å². The topological polar surface area (TPSA) is 83.5 Å². The van der Waals surface area contributed by atoms with Crippen molar-refractivity contribution < 1.29 is 18.3 Å². The van der Waals surface area contributed by atoms with Gasteiger partial charge in [-0.25, -0.2) is 13.1 Å². The number of hydrogen-bond donors (Lipinski definition) is 2. The summed E-state index contributed by atoms with van der Waals surface area (Å²) in [6, 6.07) is 5.72. The van der Waals surface area contributed by atoms with Crippen LogP contribution in [0.15, 0.2) is 29.2 Å². The number of carbonyl (C=O) groups is 1. The third-order valence-electron chi connectivity index (χ3n) is 4.00. The second-order valence-electron chi connectivity index (χ2n) is 5.90. The molecule has 0 aliphatic heterocycles. The largest absolute Gasteiger partial charge is 0.481 e. The number of rotatable bonds is 7. The SMILES string of the molecule is CCC(C)(C)C(C)NS(=O)(=O)c1ccc(CC(=O)O)cc1. The van der Waals surface area contributed by atoms with Gasteiger partial charge in [0.1, 0.15) is 0 Å². The fourth-order valence-electron chi connectivity index (χ4n) is 1.73. The monoisotopic (exact) mass is 313 g/mol. The first-order valence-corrected chi connectivity index (χ1v) is 8.40. The lowest BCUT2D eigenvalue weighted by Gasteiger charge is -2.31. The number of carboxylic acids is 1. The molecule has 1 atom stereocenters. The molecule has 0 aromatic heterocycles. The number of benzene rings is 1. The van der Waals surface area contributed by atoms with Gasteiger partial charge in [0.2, 0.25) is 10.0 Å². The predicted molar refractivity (Wildman–Crippen MR) is 81.6 cm³/mol. The minimum absolute atomic E-state index is 0.118. The zero-order valence-electron chi connectivity index (χ0n) is 12.9. The van der Waals surface area contributed by atoms with E-state index in [0.29, 0.717) is 5.56 Å². The molecule has 118 valence electrons. The van der Waals surface area contributed by atoms with Gasteiger partial charge in [0.25, 0.3) is 0 Å². The lowest BCUT2D eigenvalue weighted by atomic mass is 9.83. The lowest BCUT2D eigenvalue weighted by Crippen LogP contribution is -2.42. The molecule has 0 heterocycles. The molecule has 0 bridgehead atoms. The fraction of sp³-hybridized carbons (Fsp3) is 0.533. The molecule has 1 rings (SSSR count). The maximum Gasteiger partial charge on any atom is 0.307 e. The second-order valence-corrected chi connectivity index (χ2v) is 7.61. The van der Waals surface area contributed by atoms with Crippen molar-refractivity contribution in [1.82, 2.24) is 4.72 Å². The molecule has 1 unspecified atom stereocenters. The van der Waals surface area contributed by atoms with Gasteiger partial charge in [0, 0.05) is 6.04 Å². The molecule has 2 N–H and O–H groups in total. The summed E-state index contributed by atoms with van der Waals surface area (Å²) in [6.45, 7) is 7.89. The minimum Gasteiger partial charge on any atom is -0.481 e. The third-order valence-corrected chi connectivity index (χ3v) is 5.56. The highest BCUT2D eigenvalue weighted by Crippen LogP contribution is 2.25. The van der Waals surface area contributed by atoms with E-state index in [0.717, 1.165) is 6.42 Å². The Morgan fingerprint density at radius 3 is 2.24 bits per heavy atom.